The fourth-order valence-electron chi connectivity index (χ4n) is 3.76. The SMILES string of the molecule is Cc1nc2ccc(S)cc2c(=O)n1-c1ccc(OCCCN2CCCC2)cc1. The second-order valence-corrected chi connectivity index (χ2v) is 7.76. The molecule has 0 bridgehead atoms. The highest BCUT2D eigenvalue weighted by atomic mass is 32.1. The van der Waals surface area contributed by atoms with E-state index in [1.165, 1.54) is 25.9 Å². The second-order valence-electron chi connectivity index (χ2n) is 7.25. The molecule has 0 N–H and O–H groups in total. The molecule has 0 atom stereocenters. The summed E-state index contributed by atoms with van der Waals surface area (Å²) < 4.78 is 7.50. The van der Waals surface area contributed by atoms with E-state index in [-0.39, 0.29) is 5.56 Å². The van der Waals surface area contributed by atoms with Gasteiger partial charge in [0.25, 0.3) is 5.56 Å². The quantitative estimate of drug-likeness (QED) is 0.509. The fourth-order valence-corrected chi connectivity index (χ4v) is 3.97. The standard InChI is InChI=1S/C22H25N3O2S/c1-16-23-21-10-9-19(28)15-20(21)22(26)25(16)17-5-7-18(8-6-17)27-14-4-13-24-11-2-3-12-24/h5-10,15,28H,2-4,11-14H2,1H3. The number of aryl methyl sites for hydroxylation is 1. The van der Waals surface area contributed by atoms with Crippen LogP contribution in [0, 0.1) is 6.92 Å². The largest absolute Gasteiger partial charge is 0.494 e. The van der Waals surface area contributed by atoms with Gasteiger partial charge >= 0.3 is 0 Å². The smallest absolute Gasteiger partial charge is 0.265 e. The van der Waals surface area contributed by atoms with Crippen LogP contribution in [0.5, 0.6) is 5.75 Å². The number of likely N-dealkylation sites (tertiary alicyclic amines) is 1. The fraction of sp³-hybridized carbons (Fsp3) is 0.364. The van der Waals surface area contributed by atoms with Gasteiger partial charge in [0.2, 0.25) is 0 Å². The Hall–Kier alpha value is -2.31. The average Bonchev–Trinajstić information content (AvgIpc) is 3.21. The van der Waals surface area contributed by atoms with E-state index in [1.807, 2.05) is 43.3 Å². The van der Waals surface area contributed by atoms with Crippen molar-refractivity contribution in [2.45, 2.75) is 31.1 Å². The monoisotopic (exact) mass is 395 g/mol. The number of aromatic nitrogens is 2. The summed E-state index contributed by atoms with van der Waals surface area (Å²) in [6.07, 6.45) is 3.67. The first kappa shape index (κ1) is 19.0. The minimum absolute atomic E-state index is 0.0855. The summed E-state index contributed by atoms with van der Waals surface area (Å²) in [7, 11) is 0. The second kappa shape index (κ2) is 8.37. The molecular formula is C22H25N3O2S. The summed E-state index contributed by atoms with van der Waals surface area (Å²) in [5.41, 5.74) is 1.39. The Labute approximate surface area is 170 Å². The van der Waals surface area contributed by atoms with Crippen LogP contribution in [0.25, 0.3) is 16.6 Å². The molecule has 28 heavy (non-hydrogen) atoms. The number of thiol groups is 1. The molecule has 3 aromatic rings. The number of fused-ring (bicyclic) bond motifs is 1. The van der Waals surface area contributed by atoms with E-state index in [9.17, 15) is 4.79 Å². The molecule has 0 saturated carbocycles. The summed E-state index contributed by atoms with van der Waals surface area (Å²) in [5.74, 6) is 1.48. The van der Waals surface area contributed by atoms with Gasteiger partial charge in [0, 0.05) is 11.4 Å². The van der Waals surface area contributed by atoms with E-state index in [0.29, 0.717) is 23.3 Å². The first-order chi connectivity index (χ1) is 13.6. The Kier molecular flexibility index (Phi) is 5.69. The maximum absolute atomic E-state index is 13.0. The van der Waals surface area contributed by atoms with Crippen LogP contribution in [0.1, 0.15) is 25.1 Å². The van der Waals surface area contributed by atoms with Crippen molar-refractivity contribution in [1.29, 1.82) is 0 Å². The van der Waals surface area contributed by atoms with Crippen molar-refractivity contribution in [2.75, 3.05) is 26.2 Å². The van der Waals surface area contributed by atoms with E-state index >= 15 is 0 Å². The number of nitrogens with zero attached hydrogens (tertiary/aromatic N) is 3. The molecule has 4 rings (SSSR count). The van der Waals surface area contributed by atoms with Crippen molar-refractivity contribution in [3.63, 3.8) is 0 Å². The van der Waals surface area contributed by atoms with Crippen molar-refractivity contribution >= 4 is 23.5 Å². The molecule has 1 aliphatic rings. The zero-order valence-electron chi connectivity index (χ0n) is 16.1. The van der Waals surface area contributed by atoms with Crippen LogP contribution in [-0.2, 0) is 0 Å². The third-order valence-corrected chi connectivity index (χ3v) is 5.48. The molecule has 1 aliphatic heterocycles. The van der Waals surface area contributed by atoms with Crippen LogP contribution in [0.3, 0.4) is 0 Å². The van der Waals surface area contributed by atoms with Gasteiger partial charge in [0.05, 0.1) is 23.2 Å². The number of benzene rings is 2. The number of hydrogen-bond acceptors (Lipinski definition) is 5. The Morgan fingerprint density at radius 3 is 2.61 bits per heavy atom. The molecule has 0 radical (unpaired) electrons. The summed E-state index contributed by atoms with van der Waals surface area (Å²) in [6.45, 7) is 6.09. The molecule has 2 aromatic carbocycles. The lowest BCUT2D eigenvalue weighted by Gasteiger charge is -2.15. The first-order valence-electron chi connectivity index (χ1n) is 9.80. The van der Waals surface area contributed by atoms with Crippen LogP contribution >= 0.6 is 12.6 Å². The van der Waals surface area contributed by atoms with E-state index in [2.05, 4.69) is 22.5 Å². The van der Waals surface area contributed by atoms with Gasteiger partial charge in [-0.1, -0.05) is 0 Å². The molecule has 1 fully saturated rings. The maximum Gasteiger partial charge on any atom is 0.265 e. The Morgan fingerprint density at radius 1 is 1.11 bits per heavy atom. The van der Waals surface area contributed by atoms with Crippen molar-refractivity contribution in [1.82, 2.24) is 14.5 Å². The highest BCUT2D eigenvalue weighted by molar-refractivity contribution is 7.80. The minimum atomic E-state index is -0.0855. The lowest BCUT2D eigenvalue weighted by atomic mass is 10.2. The Bertz CT molecular complexity index is 1020. The van der Waals surface area contributed by atoms with Crippen molar-refractivity contribution in [3.05, 3.63) is 58.6 Å². The number of hydrogen-bond donors (Lipinski definition) is 1. The van der Waals surface area contributed by atoms with Gasteiger partial charge in [0.1, 0.15) is 11.6 Å². The number of ether oxygens (including phenoxy) is 1. The van der Waals surface area contributed by atoms with Crippen molar-refractivity contribution in [3.8, 4) is 11.4 Å². The Balaban J connectivity index is 1.48. The van der Waals surface area contributed by atoms with E-state index in [4.69, 9.17) is 4.74 Å². The predicted molar refractivity (Wildman–Crippen MR) is 115 cm³/mol. The molecule has 146 valence electrons. The zero-order valence-corrected chi connectivity index (χ0v) is 17.0. The molecule has 6 heteroatoms. The molecule has 0 unspecified atom stereocenters. The molecule has 2 heterocycles. The molecule has 0 spiro atoms. The van der Waals surface area contributed by atoms with Gasteiger partial charge < -0.3 is 9.64 Å². The molecular weight excluding hydrogens is 370 g/mol. The third-order valence-electron chi connectivity index (χ3n) is 5.20. The Morgan fingerprint density at radius 2 is 1.86 bits per heavy atom. The van der Waals surface area contributed by atoms with Gasteiger partial charge in [-0.05, 0) is 81.7 Å². The van der Waals surface area contributed by atoms with E-state index in [0.717, 1.165) is 29.3 Å². The topological polar surface area (TPSA) is 47.4 Å². The molecule has 1 aromatic heterocycles. The summed E-state index contributed by atoms with van der Waals surface area (Å²) in [6, 6.07) is 13.1. The zero-order chi connectivity index (χ0) is 19.5. The van der Waals surface area contributed by atoms with Crippen LogP contribution in [0.4, 0.5) is 0 Å². The van der Waals surface area contributed by atoms with Crippen molar-refractivity contribution < 1.29 is 4.74 Å². The normalized spacial score (nSPS) is 14.6. The van der Waals surface area contributed by atoms with Crippen LogP contribution < -0.4 is 10.3 Å². The highest BCUT2D eigenvalue weighted by Gasteiger charge is 2.12. The van der Waals surface area contributed by atoms with Crippen LogP contribution in [0.15, 0.2) is 52.2 Å². The summed E-state index contributed by atoms with van der Waals surface area (Å²) in [5, 5.41) is 0.570. The summed E-state index contributed by atoms with van der Waals surface area (Å²) >= 11 is 4.34. The van der Waals surface area contributed by atoms with E-state index in [1.54, 1.807) is 10.6 Å². The minimum Gasteiger partial charge on any atom is -0.494 e. The van der Waals surface area contributed by atoms with Gasteiger partial charge in [-0.25, -0.2) is 4.98 Å². The molecule has 5 nitrogen and oxygen atoms in total. The van der Waals surface area contributed by atoms with Crippen LogP contribution in [-0.4, -0.2) is 40.7 Å². The average molecular weight is 396 g/mol. The van der Waals surface area contributed by atoms with Gasteiger partial charge in [-0.3, -0.25) is 9.36 Å². The molecule has 1 saturated heterocycles. The van der Waals surface area contributed by atoms with Gasteiger partial charge in [-0.15, -0.1) is 12.6 Å². The number of rotatable bonds is 6. The third kappa shape index (κ3) is 4.08. The van der Waals surface area contributed by atoms with Crippen LogP contribution in [0.2, 0.25) is 0 Å². The van der Waals surface area contributed by atoms with Gasteiger partial charge in [-0.2, -0.15) is 0 Å². The maximum atomic E-state index is 13.0. The lowest BCUT2D eigenvalue weighted by Crippen LogP contribution is -2.22. The van der Waals surface area contributed by atoms with E-state index < -0.39 is 0 Å². The molecule has 0 amide bonds. The predicted octanol–water partition coefficient (Wildman–Crippen LogP) is 3.85. The molecule has 0 aliphatic carbocycles. The first-order valence-corrected chi connectivity index (χ1v) is 10.2. The van der Waals surface area contributed by atoms with Gasteiger partial charge in [0.15, 0.2) is 0 Å². The lowest BCUT2D eigenvalue weighted by molar-refractivity contribution is 0.263. The highest BCUT2D eigenvalue weighted by Crippen LogP contribution is 2.19. The van der Waals surface area contributed by atoms with Crippen molar-refractivity contribution in [2.24, 2.45) is 0 Å². The summed E-state index contributed by atoms with van der Waals surface area (Å²) in [4.78, 5) is 20.8.